The predicted molar refractivity (Wildman–Crippen MR) is 75.1 cm³/mol. The van der Waals surface area contributed by atoms with Crippen molar-refractivity contribution in [3.05, 3.63) is 60.2 Å². The molecule has 0 aliphatic rings. The summed E-state index contributed by atoms with van der Waals surface area (Å²) in [5.41, 5.74) is 2.55. The van der Waals surface area contributed by atoms with Gasteiger partial charge in [-0.3, -0.25) is 4.79 Å². The highest BCUT2D eigenvalue weighted by Crippen LogP contribution is 2.24. The first-order valence-corrected chi connectivity index (χ1v) is 6.31. The van der Waals surface area contributed by atoms with Crippen molar-refractivity contribution in [3.8, 4) is 11.1 Å². The molecule has 0 aliphatic carbocycles. The quantitative estimate of drug-likeness (QED) is 0.780. The number of aliphatic hydroxyl groups excluding tert-OH is 2. The second-order valence-corrected chi connectivity index (χ2v) is 4.60. The van der Waals surface area contributed by atoms with Gasteiger partial charge in [-0.15, -0.1) is 0 Å². The fourth-order valence-corrected chi connectivity index (χ4v) is 2.02. The summed E-state index contributed by atoms with van der Waals surface area (Å²) in [6.45, 7) is 0. The number of hydrogen-bond acceptors (Lipinski definition) is 3. The number of rotatable bonds is 5. The molecule has 4 nitrogen and oxygen atoms in total. The molecule has 0 fully saturated rings. The molecule has 0 aromatic heterocycles. The van der Waals surface area contributed by atoms with Crippen LogP contribution in [0, 0.1) is 0 Å². The zero-order valence-electron chi connectivity index (χ0n) is 10.8. The summed E-state index contributed by atoms with van der Waals surface area (Å²) in [5.74, 6) is -1.14. The van der Waals surface area contributed by atoms with Crippen molar-refractivity contribution in [2.75, 3.05) is 0 Å². The van der Waals surface area contributed by atoms with E-state index >= 15 is 0 Å². The molecule has 104 valence electrons. The van der Waals surface area contributed by atoms with Crippen LogP contribution in [0.1, 0.15) is 18.1 Å². The van der Waals surface area contributed by atoms with Gasteiger partial charge in [-0.25, -0.2) is 0 Å². The first-order valence-electron chi connectivity index (χ1n) is 6.31. The van der Waals surface area contributed by atoms with Gasteiger partial charge in [0.2, 0.25) is 0 Å². The van der Waals surface area contributed by atoms with Crippen LogP contribution in [-0.4, -0.2) is 27.4 Å². The number of benzene rings is 2. The Kier molecular flexibility index (Phi) is 4.50. The normalized spacial score (nSPS) is 13.7. The van der Waals surface area contributed by atoms with Gasteiger partial charge in [-0.2, -0.15) is 0 Å². The fourth-order valence-electron chi connectivity index (χ4n) is 2.02. The highest BCUT2D eigenvalue weighted by molar-refractivity contribution is 5.67. The standard InChI is InChI=1S/C16H16O4/c17-14(10-15(18)19)16(20)13-8-6-12(7-9-13)11-4-2-1-3-5-11/h1-9,14,16-17,20H,10H2,(H,18,19). The van der Waals surface area contributed by atoms with Crippen molar-refractivity contribution in [1.82, 2.24) is 0 Å². The molecule has 2 rings (SSSR count). The van der Waals surface area contributed by atoms with Gasteiger partial charge in [0.1, 0.15) is 6.10 Å². The molecule has 0 aliphatic heterocycles. The Bertz CT molecular complexity index is 563. The summed E-state index contributed by atoms with van der Waals surface area (Å²) < 4.78 is 0. The molecule has 2 unspecified atom stereocenters. The number of carboxylic acids is 1. The monoisotopic (exact) mass is 272 g/mol. The van der Waals surface area contributed by atoms with E-state index in [0.717, 1.165) is 11.1 Å². The van der Waals surface area contributed by atoms with Gasteiger partial charge >= 0.3 is 5.97 Å². The van der Waals surface area contributed by atoms with Gasteiger partial charge in [0.05, 0.1) is 12.5 Å². The summed E-state index contributed by atoms with van der Waals surface area (Å²) in [6.07, 6.45) is -2.99. The van der Waals surface area contributed by atoms with E-state index in [1.165, 1.54) is 0 Å². The average Bonchev–Trinajstić information content (AvgIpc) is 2.47. The van der Waals surface area contributed by atoms with Crippen LogP contribution in [0.25, 0.3) is 11.1 Å². The molecule has 0 amide bonds. The van der Waals surface area contributed by atoms with E-state index in [9.17, 15) is 15.0 Å². The van der Waals surface area contributed by atoms with Crippen molar-refractivity contribution in [2.45, 2.75) is 18.6 Å². The van der Waals surface area contributed by atoms with Crippen LogP contribution in [0.3, 0.4) is 0 Å². The lowest BCUT2D eigenvalue weighted by molar-refractivity contribution is -0.141. The molecule has 0 spiro atoms. The smallest absolute Gasteiger partial charge is 0.306 e. The third-order valence-corrected chi connectivity index (χ3v) is 3.11. The Morgan fingerprint density at radius 2 is 1.45 bits per heavy atom. The van der Waals surface area contributed by atoms with E-state index in [1.54, 1.807) is 12.1 Å². The summed E-state index contributed by atoms with van der Waals surface area (Å²) in [7, 11) is 0. The van der Waals surface area contributed by atoms with Gasteiger partial charge in [0.15, 0.2) is 0 Å². The van der Waals surface area contributed by atoms with E-state index in [4.69, 9.17) is 5.11 Å². The van der Waals surface area contributed by atoms with Gasteiger partial charge in [-0.05, 0) is 16.7 Å². The Balaban J connectivity index is 2.14. The lowest BCUT2D eigenvalue weighted by Gasteiger charge is -2.16. The van der Waals surface area contributed by atoms with Crippen molar-refractivity contribution in [3.63, 3.8) is 0 Å². The Morgan fingerprint density at radius 1 is 0.900 bits per heavy atom. The van der Waals surface area contributed by atoms with Crippen LogP contribution < -0.4 is 0 Å². The highest BCUT2D eigenvalue weighted by atomic mass is 16.4. The Labute approximate surface area is 116 Å². The molecule has 2 atom stereocenters. The Hall–Kier alpha value is -2.17. The third kappa shape index (κ3) is 3.44. The van der Waals surface area contributed by atoms with Crippen LogP contribution in [0.4, 0.5) is 0 Å². The topological polar surface area (TPSA) is 77.8 Å². The van der Waals surface area contributed by atoms with Crippen LogP contribution in [0.15, 0.2) is 54.6 Å². The minimum Gasteiger partial charge on any atom is -0.481 e. The molecule has 0 bridgehead atoms. The molecular weight excluding hydrogens is 256 g/mol. The lowest BCUT2D eigenvalue weighted by atomic mass is 9.98. The van der Waals surface area contributed by atoms with E-state index < -0.39 is 24.6 Å². The second-order valence-electron chi connectivity index (χ2n) is 4.60. The van der Waals surface area contributed by atoms with Crippen molar-refractivity contribution >= 4 is 5.97 Å². The fraction of sp³-hybridized carbons (Fsp3) is 0.188. The molecule has 2 aromatic carbocycles. The minimum atomic E-state index is -1.31. The zero-order chi connectivity index (χ0) is 14.5. The first-order chi connectivity index (χ1) is 9.58. The van der Waals surface area contributed by atoms with E-state index in [0.29, 0.717) is 5.56 Å². The molecule has 4 heteroatoms. The molecule has 0 saturated carbocycles. The molecule has 20 heavy (non-hydrogen) atoms. The summed E-state index contributed by atoms with van der Waals surface area (Å²) in [4.78, 5) is 10.5. The predicted octanol–water partition coefficient (Wildman–Crippen LogP) is 2.22. The SMILES string of the molecule is O=C(O)CC(O)C(O)c1ccc(-c2ccccc2)cc1. The van der Waals surface area contributed by atoms with Crippen LogP contribution >= 0.6 is 0 Å². The van der Waals surface area contributed by atoms with E-state index in [-0.39, 0.29) is 0 Å². The molecule has 0 heterocycles. The average molecular weight is 272 g/mol. The first kappa shape index (κ1) is 14.2. The number of aliphatic carboxylic acids is 1. The number of hydrogen-bond donors (Lipinski definition) is 3. The van der Waals surface area contributed by atoms with Crippen molar-refractivity contribution < 1.29 is 20.1 Å². The number of carboxylic acid groups (broad SMARTS) is 1. The molecule has 2 aromatic rings. The number of aliphatic hydroxyl groups is 2. The minimum absolute atomic E-state index is 0.485. The highest BCUT2D eigenvalue weighted by Gasteiger charge is 2.20. The Morgan fingerprint density at radius 3 is 2.00 bits per heavy atom. The zero-order valence-corrected chi connectivity index (χ0v) is 10.8. The third-order valence-electron chi connectivity index (χ3n) is 3.11. The molecular formula is C16H16O4. The number of carbonyl (C=O) groups is 1. The second kappa shape index (κ2) is 6.32. The lowest BCUT2D eigenvalue weighted by Crippen LogP contribution is -2.21. The van der Waals surface area contributed by atoms with Crippen LogP contribution in [0.2, 0.25) is 0 Å². The molecule has 0 saturated heterocycles. The molecule has 0 radical (unpaired) electrons. The largest absolute Gasteiger partial charge is 0.481 e. The maximum atomic E-state index is 10.5. The summed E-state index contributed by atoms with van der Waals surface area (Å²) in [5, 5.41) is 28.1. The van der Waals surface area contributed by atoms with E-state index in [1.807, 2.05) is 42.5 Å². The van der Waals surface area contributed by atoms with Crippen molar-refractivity contribution in [1.29, 1.82) is 0 Å². The summed E-state index contributed by atoms with van der Waals surface area (Å²) >= 11 is 0. The molecule has 3 N–H and O–H groups in total. The van der Waals surface area contributed by atoms with Crippen LogP contribution in [-0.2, 0) is 4.79 Å². The van der Waals surface area contributed by atoms with Gasteiger partial charge in [0, 0.05) is 0 Å². The van der Waals surface area contributed by atoms with Gasteiger partial charge in [-0.1, -0.05) is 54.6 Å². The van der Waals surface area contributed by atoms with Crippen molar-refractivity contribution in [2.24, 2.45) is 0 Å². The summed E-state index contributed by atoms with van der Waals surface area (Å²) in [6, 6.07) is 16.8. The van der Waals surface area contributed by atoms with Crippen LogP contribution in [0.5, 0.6) is 0 Å². The maximum Gasteiger partial charge on any atom is 0.306 e. The van der Waals surface area contributed by atoms with Gasteiger partial charge in [0.25, 0.3) is 0 Å². The van der Waals surface area contributed by atoms with E-state index in [2.05, 4.69) is 0 Å². The maximum absolute atomic E-state index is 10.5. The van der Waals surface area contributed by atoms with Gasteiger partial charge < -0.3 is 15.3 Å².